The van der Waals surface area contributed by atoms with Crippen molar-refractivity contribution in [1.82, 2.24) is 10.2 Å². The van der Waals surface area contributed by atoms with E-state index in [1.807, 2.05) is 0 Å². The third-order valence-corrected chi connectivity index (χ3v) is 3.79. The van der Waals surface area contributed by atoms with E-state index in [0.29, 0.717) is 12.6 Å². The van der Waals surface area contributed by atoms with Crippen LogP contribution in [-0.2, 0) is 6.54 Å². The summed E-state index contributed by atoms with van der Waals surface area (Å²) in [6.45, 7) is 3.66. The summed E-state index contributed by atoms with van der Waals surface area (Å²) in [6.07, 6.45) is 2.32. The minimum atomic E-state index is 0.581. The summed E-state index contributed by atoms with van der Waals surface area (Å²) in [6, 6.07) is 5.00. The Kier molecular flexibility index (Phi) is 4.34. The summed E-state index contributed by atoms with van der Waals surface area (Å²) in [5.41, 5.74) is 1.38. The van der Waals surface area contributed by atoms with Gasteiger partial charge in [-0.25, -0.2) is 0 Å². The minimum absolute atomic E-state index is 0.581. The fourth-order valence-corrected chi connectivity index (χ4v) is 2.72. The number of hydrogen-bond acceptors (Lipinski definition) is 4. The summed E-state index contributed by atoms with van der Waals surface area (Å²) in [4.78, 5) is 2.22. The highest BCUT2D eigenvalue weighted by Gasteiger charge is 2.17. The van der Waals surface area contributed by atoms with Gasteiger partial charge in [-0.1, -0.05) is 0 Å². The van der Waals surface area contributed by atoms with Crippen LogP contribution in [-0.4, -0.2) is 30.6 Å². The zero-order valence-corrected chi connectivity index (χ0v) is 10.2. The summed E-state index contributed by atoms with van der Waals surface area (Å²) < 4.78 is 0. The molecule has 1 aliphatic rings. The number of nitrogens with one attached hydrogen (secondary N) is 1. The van der Waals surface area contributed by atoms with Gasteiger partial charge in [0.15, 0.2) is 0 Å². The molecule has 86 valence electrons. The molecular weight excluding hydrogens is 218 g/mol. The van der Waals surface area contributed by atoms with Crippen LogP contribution in [0.4, 0.5) is 0 Å². The average Bonchev–Trinajstić information content (AvgIpc) is 2.82. The zero-order valence-electron chi connectivity index (χ0n) is 9.35. The number of likely N-dealkylation sites (tertiary alicyclic amines) is 1. The van der Waals surface area contributed by atoms with E-state index in [1.54, 1.807) is 11.3 Å². The van der Waals surface area contributed by atoms with Crippen molar-refractivity contribution in [1.29, 1.82) is 5.26 Å². The lowest BCUT2D eigenvalue weighted by Gasteiger charge is -2.30. The summed E-state index contributed by atoms with van der Waals surface area (Å²) in [5.74, 6) is 0. The van der Waals surface area contributed by atoms with E-state index in [1.165, 1.54) is 5.56 Å². The fraction of sp³-hybridized carbons (Fsp3) is 0.583. The topological polar surface area (TPSA) is 39.1 Å². The normalized spacial score (nSPS) is 18.4. The van der Waals surface area contributed by atoms with E-state index in [9.17, 15) is 0 Å². The molecule has 1 aromatic heterocycles. The van der Waals surface area contributed by atoms with Crippen molar-refractivity contribution in [3.05, 3.63) is 22.4 Å². The van der Waals surface area contributed by atoms with E-state index >= 15 is 0 Å². The van der Waals surface area contributed by atoms with Gasteiger partial charge in [0.1, 0.15) is 0 Å². The maximum absolute atomic E-state index is 8.61. The van der Waals surface area contributed by atoms with Gasteiger partial charge < -0.3 is 5.32 Å². The summed E-state index contributed by atoms with van der Waals surface area (Å²) >= 11 is 1.75. The van der Waals surface area contributed by atoms with Gasteiger partial charge in [-0.05, 0) is 35.2 Å². The maximum Gasteiger partial charge on any atom is 0.0866 e. The molecule has 0 atom stereocenters. The van der Waals surface area contributed by atoms with E-state index in [4.69, 9.17) is 5.26 Å². The molecule has 0 amide bonds. The van der Waals surface area contributed by atoms with Gasteiger partial charge in [0.05, 0.1) is 12.6 Å². The van der Waals surface area contributed by atoms with Crippen LogP contribution in [0.1, 0.15) is 18.4 Å². The number of hydrogen-bond donors (Lipinski definition) is 1. The molecule has 2 heterocycles. The third-order valence-electron chi connectivity index (χ3n) is 3.06. The van der Waals surface area contributed by atoms with Crippen molar-refractivity contribution < 1.29 is 0 Å². The lowest BCUT2D eigenvalue weighted by atomic mass is 10.0. The Morgan fingerprint density at radius 3 is 2.94 bits per heavy atom. The monoisotopic (exact) mass is 235 g/mol. The second-order valence-corrected chi connectivity index (χ2v) is 5.00. The third kappa shape index (κ3) is 3.31. The first-order valence-corrected chi connectivity index (χ1v) is 6.66. The molecule has 1 saturated heterocycles. The number of thiophene rings is 1. The largest absolute Gasteiger partial charge is 0.310 e. The number of rotatable bonds is 4. The Balaban J connectivity index is 1.68. The molecule has 2 rings (SSSR count). The molecule has 3 nitrogen and oxygen atoms in total. The molecule has 0 radical (unpaired) electrons. The van der Waals surface area contributed by atoms with Gasteiger partial charge in [-0.2, -0.15) is 16.6 Å². The molecule has 1 aromatic rings. The van der Waals surface area contributed by atoms with Crippen LogP contribution in [0.2, 0.25) is 0 Å². The first-order chi connectivity index (χ1) is 7.88. The van der Waals surface area contributed by atoms with Crippen LogP contribution >= 0.6 is 11.3 Å². The van der Waals surface area contributed by atoms with Crippen LogP contribution < -0.4 is 5.32 Å². The first-order valence-electron chi connectivity index (χ1n) is 5.72. The van der Waals surface area contributed by atoms with Gasteiger partial charge in [0.2, 0.25) is 0 Å². The van der Waals surface area contributed by atoms with Crippen molar-refractivity contribution >= 4 is 11.3 Å². The standard InChI is InChI=1S/C12H17N3S/c13-4-7-15-5-1-12(2-6-15)14-9-11-3-8-16-10-11/h3,8,10,12,14H,1-2,5-7,9H2. The second-order valence-electron chi connectivity index (χ2n) is 4.22. The van der Waals surface area contributed by atoms with Gasteiger partial charge in [0, 0.05) is 25.7 Å². The van der Waals surface area contributed by atoms with Crippen LogP contribution in [0, 0.1) is 11.3 Å². The molecule has 0 saturated carbocycles. The number of nitrogens with zero attached hydrogens (tertiary/aromatic N) is 2. The Morgan fingerprint density at radius 2 is 2.31 bits per heavy atom. The van der Waals surface area contributed by atoms with E-state index in [2.05, 4.69) is 33.1 Å². The van der Waals surface area contributed by atoms with Crippen LogP contribution in [0.25, 0.3) is 0 Å². The van der Waals surface area contributed by atoms with Crippen LogP contribution in [0.3, 0.4) is 0 Å². The van der Waals surface area contributed by atoms with E-state index in [-0.39, 0.29) is 0 Å². The van der Waals surface area contributed by atoms with Crippen molar-refractivity contribution in [2.24, 2.45) is 0 Å². The lowest BCUT2D eigenvalue weighted by Crippen LogP contribution is -2.42. The number of nitriles is 1. The maximum atomic E-state index is 8.61. The SMILES string of the molecule is N#CCN1CCC(NCc2ccsc2)CC1. The van der Waals surface area contributed by atoms with Crippen molar-refractivity contribution in [2.45, 2.75) is 25.4 Å². The lowest BCUT2D eigenvalue weighted by molar-refractivity contribution is 0.216. The average molecular weight is 235 g/mol. The highest BCUT2D eigenvalue weighted by molar-refractivity contribution is 7.07. The van der Waals surface area contributed by atoms with E-state index < -0.39 is 0 Å². The zero-order chi connectivity index (χ0) is 11.2. The smallest absolute Gasteiger partial charge is 0.0866 e. The predicted molar refractivity (Wildman–Crippen MR) is 66.2 cm³/mol. The van der Waals surface area contributed by atoms with Crippen molar-refractivity contribution in [3.8, 4) is 6.07 Å². The minimum Gasteiger partial charge on any atom is -0.310 e. The second kappa shape index (κ2) is 6.00. The summed E-state index contributed by atoms with van der Waals surface area (Å²) in [5, 5.41) is 16.5. The molecule has 0 aromatic carbocycles. The van der Waals surface area contributed by atoms with Crippen molar-refractivity contribution in [3.63, 3.8) is 0 Å². The quantitative estimate of drug-likeness (QED) is 0.809. The van der Waals surface area contributed by atoms with Gasteiger partial charge >= 0.3 is 0 Å². The Bertz CT molecular complexity index is 334. The molecule has 0 bridgehead atoms. The molecule has 0 aliphatic carbocycles. The molecule has 1 N–H and O–H groups in total. The van der Waals surface area contributed by atoms with Crippen molar-refractivity contribution in [2.75, 3.05) is 19.6 Å². The highest BCUT2D eigenvalue weighted by Crippen LogP contribution is 2.11. The first kappa shape index (κ1) is 11.6. The van der Waals surface area contributed by atoms with Crippen LogP contribution in [0.15, 0.2) is 16.8 Å². The predicted octanol–water partition coefficient (Wildman–Crippen LogP) is 1.83. The Morgan fingerprint density at radius 1 is 1.50 bits per heavy atom. The van der Waals surface area contributed by atoms with Crippen LogP contribution in [0.5, 0.6) is 0 Å². The molecular formula is C12H17N3S. The van der Waals surface area contributed by atoms with Gasteiger partial charge in [-0.15, -0.1) is 0 Å². The number of piperidine rings is 1. The molecule has 0 spiro atoms. The molecule has 16 heavy (non-hydrogen) atoms. The summed E-state index contributed by atoms with van der Waals surface area (Å²) in [7, 11) is 0. The fourth-order valence-electron chi connectivity index (χ4n) is 2.05. The molecule has 1 aliphatic heterocycles. The van der Waals surface area contributed by atoms with Gasteiger partial charge in [0.25, 0.3) is 0 Å². The molecule has 1 fully saturated rings. The molecule has 0 unspecified atom stereocenters. The Hall–Kier alpha value is -0.890. The highest BCUT2D eigenvalue weighted by atomic mass is 32.1. The Labute approximate surface area is 101 Å². The molecule has 4 heteroatoms. The van der Waals surface area contributed by atoms with Gasteiger partial charge in [-0.3, -0.25) is 4.90 Å². The van der Waals surface area contributed by atoms with E-state index in [0.717, 1.165) is 32.5 Å².